The number of anilines is 1. The minimum Gasteiger partial charge on any atom is -0.322 e. The minimum atomic E-state index is -0.145. The lowest BCUT2D eigenvalue weighted by molar-refractivity contribution is 0.102. The summed E-state index contributed by atoms with van der Waals surface area (Å²) in [5.74, 6) is -0.145. The smallest absolute Gasteiger partial charge is 0.255 e. The fraction of sp³-hybridized carbons (Fsp3) is 0.0714. The van der Waals surface area contributed by atoms with Crippen LogP contribution < -0.4 is 5.32 Å². The highest BCUT2D eigenvalue weighted by atomic mass is 79.9. The van der Waals surface area contributed by atoms with Gasteiger partial charge in [0.1, 0.15) is 0 Å². The third-order valence-corrected chi connectivity index (χ3v) is 3.73. The zero-order chi connectivity index (χ0) is 13.1. The number of carbonyl (C=O) groups excluding carboxylic acids is 1. The molecular formula is C14H11BrClNO. The van der Waals surface area contributed by atoms with Gasteiger partial charge in [-0.05, 0) is 48.9 Å². The van der Waals surface area contributed by atoms with Crippen molar-refractivity contribution >= 4 is 39.1 Å². The molecule has 1 amide bonds. The van der Waals surface area contributed by atoms with Gasteiger partial charge in [-0.3, -0.25) is 4.79 Å². The van der Waals surface area contributed by atoms with Gasteiger partial charge in [-0.25, -0.2) is 0 Å². The number of rotatable bonds is 2. The first-order valence-electron chi connectivity index (χ1n) is 5.40. The Kier molecular flexibility index (Phi) is 4.04. The van der Waals surface area contributed by atoms with Crippen LogP contribution in [0.15, 0.2) is 46.9 Å². The van der Waals surface area contributed by atoms with Crippen molar-refractivity contribution in [3.63, 3.8) is 0 Å². The Morgan fingerprint density at radius 3 is 2.50 bits per heavy atom. The van der Waals surface area contributed by atoms with Gasteiger partial charge in [0.2, 0.25) is 0 Å². The molecule has 0 heterocycles. The molecule has 0 fully saturated rings. The second-order valence-electron chi connectivity index (χ2n) is 3.87. The predicted octanol–water partition coefficient (Wildman–Crippen LogP) is 4.66. The summed E-state index contributed by atoms with van der Waals surface area (Å²) in [6.45, 7) is 1.95. The largest absolute Gasteiger partial charge is 0.322 e. The zero-order valence-corrected chi connectivity index (χ0v) is 12.0. The number of nitrogens with one attached hydrogen (secondary N) is 1. The molecule has 2 aromatic rings. The van der Waals surface area contributed by atoms with Crippen molar-refractivity contribution in [2.24, 2.45) is 0 Å². The molecule has 92 valence electrons. The lowest BCUT2D eigenvalue weighted by Crippen LogP contribution is -2.12. The highest BCUT2D eigenvalue weighted by Gasteiger charge is 2.08. The van der Waals surface area contributed by atoms with Gasteiger partial charge >= 0.3 is 0 Å². The molecule has 2 nitrogen and oxygen atoms in total. The van der Waals surface area contributed by atoms with Gasteiger partial charge < -0.3 is 5.32 Å². The highest BCUT2D eigenvalue weighted by molar-refractivity contribution is 9.10. The Morgan fingerprint density at radius 1 is 1.17 bits per heavy atom. The molecule has 0 unspecified atom stereocenters. The van der Waals surface area contributed by atoms with Gasteiger partial charge in [0.05, 0.1) is 0 Å². The summed E-state index contributed by atoms with van der Waals surface area (Å²) >= 11 is 9.22. The second kappa shape index (κ2) is 5.55. The van der Waals surface area contributed by atoms with Crippen LogP contribution in [-0.2, 0) is 0 Å². The van der Waals surface area contributed by atoms with Crippen LogP contribution >= 0.6 is 27.5 Å². The van der Waals surface area contributed by atoms with E-state index < -0.39 is 0 Å². The van der Waals surface area contributed by atoms with Gasteiger partial charge in [-0.1, -0.05) is 33.6 Å². The van der Waals surface area contributed by atoms with Crippen LogP contribution in [0.2, 0.25) is 5.02 Å². The standard InChI is InChI=1S/C14H11BrClNO/c1-9-12(15)3-2-4-13(9)17-14(18)10-5-7-11(16)8-6-10/h2-8H,1H3,(H,17,18). The van der Waals surface area contributed by atoms with Crippen LogP contribution in [0.3, 0.4) is 0 Å². The third-order valence-electron chi connectivity index (χ3n) is 2.62. The van der Waals surface area contributed by atoms with Gasteiger partial charge in [0.25, 0.3) is 5.91 Å². The molecule has 0 bridgehead atoms. The molecule has 18 heavy (non-hydrogen) atoms. The molecule has 0 aliphatic heterocycles. The Balaban J connectivity index is 2.21. The molecule has 0 aliphatic carbocycles. The van der Waals surface area contributed by atoms with Crippen LogP contribution in [0.25, 0.3) is 0 Å². The summed E-state index contributed by atoms with van der Waals surface area (Å²) in [5.41, 5.74) is 2.38. The zero-order valence-electron chi connectivity index (χ0n) is 9.71. The van der Waals surface area contributed by atoms with Crippen LogP contribution in [-0.4, -0.2) is 5.91 Å². The average molecular weight is 325 g/mol. The first-order valence-corrected chi connectivity index (χ1v) is 6.57. The van der Waals surface area contributed by atoms with Crippen LogP contribution in [0, 0.1) is 6.92 Å². The Bertz CT molecular complexity index is 581. The predicted molar refractivity (Wildman–Crippen MR) is 78.3 cm³/mol. The summed E-state index contributed by atoms with van der Waals surface area (Å²) in [5, 5.41) is 3.49. The monoisotopic (exact) mass is 323 g/mol. The molecule has 2 aromatic carbocycles. The highest BCUT2D eigenvalue weighted by Crippen LogP contribution is 2.24. The Morgan fingerprint density at radius 2 is 1.83 bits per heavy atom. The van der Waals surface area contributed by atoms with Crippen molar-refractivity contribution in [3.05, 3.63) is 63.1 Å². The molecule has 0 atom stereocenters. The molecule has 0 aliphatic rings. The number of benzene rings is 2. The number of hydrogen-bond donors (Lipinski definition) is 1. The van der Waals surface area contributed by atoms with E-state index in [1.165, 1.54) is 0 Å². The third kappa shape index (κ3) is 2.92. The SMILES string of the molecule is Cc1c(Br)cccc1NC(=O)c1ccc(Cl)cc1. The number of carbonyl (C=O) groups is 1. The van der Waals surface area contributed by atoms with E-state index in [0.29, 0.717) is 10.6 Å². The molecule has 0 spiro atoms. The lowest BCUT2D eigenvalue weighted by atomic mass is 10.1. The average Bonchev–Trinajstić information content (AvgIpc) is 2.36. The Hall–Kier alpha value is -1.32. The van der Waals surface area contributed by atoms with Crippen LogP contribution in [0.1, 0.15) is 15.9 Å². The number of amides is 1. The van der Waals surface area contributed by atoms with E-state index in [0.717, 1.165) is 15.7 Å². The van der Waals surface area contributed by atoms with Crippen molar-refractivity contribution in [3.8, 4) is 0 Å². The number of hydrogen-bond acceptors (Lipinski definition) is 1. The quantitative estimate of drug-likeness (QED) is 0.855. The van der Waals surface area contributed by atoms with E-state index in [4.69, 9.17) is 11.6 Å². The Labute approximate surface area is 119 Å². The van der Waals surface area contributed by atoms with Crippen molar-refractivity contribution in [2.45, 2.75) is 6.92 Å². The summed E-state index contributed by atoms with van der Waals surface area (Å²) in [4.78, 5) is 12.0. The van der Waals surface area contributed by atoms with E-state index in [1.54, 1.807) is 24.3 Å². The maximum Gasteiger partial charge on any atom is 0.255 e. The van der Waals surface area contributed by atoms with Gasteiger partial charge in [0, 0.05) is 20.7 Å². The van der Waals surface area contributed by atoms with Gasteiger partial charge in [-0.2, -0.15) is 0 Å². The molecule has 4 heteroatoms. The van der Waals surface area contributed by atoms with E-state index in [-0.39, 0.29) is 5.91 Å². The fourth-order valence-electron chi connectivity index (χ4n) is 1.54. The normalized spacial score (nSPS) is 10.2. The minimum absolute atomic E-state index is 0.145. The maximum atomic E-state index is 12.0. The van der Waals surface area contributed by atoms with Crippen molar-refractivity contribution in [1.82, 2.24) is 0 Å². The first-order chi connectivity index (χ1) is 8.58. The van der Waals surface area contributed by atoms with E-state index >= 15 is 0 Å². The van der Waals surface area contributed by atoms with E-state index in [2.05, 4.69) is 21.2 Å². The summed E-state index contributed by atoms with van der Waals surface area (Å²) in [6, 6.07) is 12.5. The fourth-order valence-corrected chi connectivity index (χ4v) is 2.03. The molecule has 0 saturated carbocycles. The van der Waals surface area contributed by atoms with Gasteiger partial charge in [-0.15, -0.1) is 0 Å². The summed E-state index contributed by atoms with van der Waals surface area (Å²) in [7, 11) is 0. The lowest BCUT2D eigenvalue weighted by Gasteiger charge is -2.09. The molecule has 2 rings (SSSR count). The summed E-state index contributed by atoms with van der Waals surface area (Å²) < 4.78 is 0.969. The second-order valence-corrected chi connectivity index (χ2v) is 5.16. The number of halogens is 2. The van der Waals surface area contributed by atoms with Crippen LogP contribution in [0.4, 0.5) is 5.69 Å². The van der Waals surface area contributed by atoms with Crippen molar-refractivity contribution < 1.29 is 4.79 Å². The molecular weight excluding hydrogens is 314 g/mol. The molecule has 0 saturated heterocycles. The van der Waals surface area contributed by atoms with Crippen molar-refractivity contribution in [1.29, 1.82) is 0 Å². The topological polar surface area (TPSA) is 29.1 Å². The van der Waals surface area contributed by atoms with Crippen LogP contribution in [0.5, 0.6) is 0 Å². The molecule has 0 aromatic heterocycles. The van der Waals surface area contributed by atoms with Gasteiger partial charge in [0.15, 0.2) is 0 Å². The summed E-state index contributed by atoms with van der Waals surface area (Å²) in [6.07, 6.45) is 0. The molecule has 0 radical (unpaired) electrons. The van der Waals surface area contributed by atoms with E-state index in [1.807, 2.05) is 25.1 Å². The molecule has 1 N–H and O–H groups in total. The maximum absolute atomic E-state index is 12.0. The van der Waals surface area contributed by atoms with E-state index in [9.17, 15) is 4.79 Å². The van der Waals surface area contributed by atoms with Crippen molar-refractivity contribution in [2.75, 3.05) is 5.32 Å². The first kappa shape index (κ1) is 13.1.